The van der Waals surface area contributed by atoms with Gasteiger partial charge in [0.25, 0.3) is 0 Å². The molecule has 0 aromatic heterocycles. The van der Waals surface area contributed by atoms with Gasteiger partial charge in [0.15, 0.2) is 34.5 Å². The molecular formula is C34H36O8. The monoisotopic (exact) mass is 572 g/mol. The van der Waals surface area contributed by atoms with Crippen LogP contribution in [-0.4, -0.2) is 42.3 Å². The summed E-state index contributed by atoms with van der Waals surface area (Å²) in [6, 6.07) is 22.1. The predicted molar refractivity (Wildman–Crippen MR) is 160 cm³/mol. The van der Waals surface area contributed by atoms with Crippen molar-refractivity contribution in [3.8, 4) is 51.7 Å². The van der Waals surface area contributed by atoms with Crippen molar-refractivity contribution in [2.45, 2.75) is 25.7 Å². The van der Waals surface area contributed by atoms with E-state index in [1.807, 2.05) is 48.5 Å². The fourth-order valence-electron chi connectivity index (χ4n) is 5.01. The molecule has 8 nitrogen and oxygen atoms in total. The van der Waals surface area contributed by atoms with E-state index in [0.29, 0.717) is 46.0 Å². The van der Waals surface area contributed by atoms with E-state index in [4.69, 9.17) is 37.9 Å². The fourth-order valence-corrected chi connectivity index (χ4v) is 5.01. The van der Waals surface area contributed by atoms with Crippen LogP contribution in [0.25, 0.3) is 0 Å². The van der Waals surface area contributed by atoms with Crippen molar-refractivity contribution in [3.63, 3.8) is 0 Å². The molecule has 0 aliphatic carbocycles. The van der Waals surface area contributed by atoms with Crippen molar-refractivity contribution in [2.75, 3.05) is 42.3 Å². The Kier molecular flexibility index (Phi) is 9.12. The number of hydrogen-bond donors (Lipinski definition) is 0. The van der Waals surface area contributed by atoms with E-state index in [1.54, 1.807) is 35.5 Å². The minimum Gasteiger partial charge on any atom is -0.497 e. The number of fused-ring (bicyclic) bond motifs is 1. The Bertz CT molecular complexity index is 1510. The molecule has 8 heteroatoms. The molecule has 1 aliphatic heterocycles. The molecule has 0 saturated carbocycles. The van der Waals surface area contributed by atoms with Crippen LogP contribution in [-0.2, 0) is 25.7 Å². The van der Waals surface area contributed by atoms with E-state index in [1.165, 1.54) is 5.56 Å². The van der Waals surface area contributed by atoms with Crippen LogP contribution in [0.1, 0.15) is 22.3 Å². The lowest BCUT2D eigenvalue weighted by Gasteiger charge is -2.16. The molecule has 42 heavy (non-hydrogen) atoms. The Morgan fingerprint density at radius 3 is 1.81 bits per heavy atom. The van der Waals surface area contributed by atoms with Crippen LogP contribution >= 0.6 is 0 Å². The Morgan fingerprint density at radius 1 is 0.524 bits per heavy atom. The lowest BCUT2D eigenvalue weighted by Crippen LogP contribution is -1.99. The first kappa shape index (κ1) is 28.8. The van der Waals surface area contributed by atoms with Crippen molar-refractivity contribution in [1.82, 2.24) is 0 Å². The number of hydrogen-bond acceptors (Lipinski definition) is 8. The molecule has 0 amide bonds. The summed E-state index contributed by atoms with van der Waals surface area (Å²) >= 11 is 0. The van der Waals surface area contributed by atoms with E-state index in [-0.39, 0.29) is 6.79 Å². The number of benzene rings is 4. The molecule has 1 aliphatic rings. The molecule has 4 aromatic rings. The summed E-state index contributed by atoms with van der Waals surface area (Å²) in [6.07, 6.45) is 3.16. The first-order chi connectivity index (χ1) is 20.5. The van der Waals surface area contributed by atoms with Crippen LogP contribution in [0.15, 0.2) is 66.7 Å². The largest absolute Gasteiger partial charge is 0.497 e. The van der Waals surface area contributed by atoms with Gasteiger partial charge in [-0.15, -0.1) is 0 Å². The van der Waals surface area contributed by atoms with E-state index in [9.17, 15) is 0 Å². The van der Waals surface area contributed by atoms with Gasteiger partial charge in [0, 0.05) is 0 Å². The number of aryl methyl sites for hydroxylation is 4. The third-order valence-electron chi connectivity index (χ3n) is 7.21. The average molecular weight is 573 g/mol. The van der Waals surface area contributed by atoms with Gasteiger partial charge in [-0.3, -0.25) is 0 Å². The first-order valence-corrected chi connectivity index (χ1v) is 13.7. The normalized spacial score (nSPS) is 11.6. The van der Waals surface area contributed by atoms with E-state index in [2.05, 4.69) is 18.2 Å². The summed E-state index contributed by atoms with van der Waals surface area (Å²) in [5.41, 5.74) is 4.42. The molecule has 0 N–H and O–H groups in total. The fraction of sp³-hybridized carbons (Fsp3) is 0.294. The zero-order valence-electron chi connectivity index (χ0n) is 24.7. The van der Waals surface area contributed by atoms with Gasteiger partial charge in [-0.25, -0.2) is 0 Å². The number of ether oxygens (including phenoxy) is 8. The van der Waals surface area contributed by atoms with Crippen molar-refractivity contribution < 1.29 is 37.9 Å². The highest BCUT2D eigenvalue weighted by Crippen LogP contribution is 2.46. The van der Waals surface area contributed by atoms with Crippen LogP contribution in [0.4, 0.5) is 0 Å². The molecule has 1 heterocycles. The SMILES string of the molecule is COc1cccc(CCc2ccc(OC)c(Oc3cc(CCc4cc(OC)c(OC)c(OC)c4)cc4c3OCO4)c2)c1. The van der Waals surface area contributed by atoms with Crippen molar-refractivity contribution in [1.29, 1.82) is 0 Å². The second-order valence-electron chi connectivity index (χ2n) is 9.80. The maximum absolute atomic E-state index is 6.46. The summed E-state index contributed by atoms with van der Waals surface area (Å²) in [7, 11) is 8.14. The summed E-state index contributed by atoms with van der Waals surface area (Å²) < 4.78 is 45.5. The molecule has 0 fully saturated rings. The van der Waals surface area contributed by atoms with Gasteiger partial charge < -0.3 is 37.9 Å². The van der Waals surface area contributed by atoms with Crippen LogP contribution in [0.2, 0.25) is 0 Å². The van der Waals surface area contributed by atoms with Crippen LogP contribution in [0.5, 0.6) is 51.7 Å². The third kappa shape index (κ3) is 6.43. The van der Waals surface area contributed by atoms with E-state index >= 15 is 0 Å². The van der Waals surface area contributed by atoms with E-state index < -0.39 is 0 Å². The molecule has 0 atom stereocenters. The van der Waals surface area contributed by atoms with Gasteiger partial charge in [-0.05, 0) is 96.5 Å². The second kappa shape index (κ2) is 13.3. The number of rotatable bonds is 13. The first-order valence-electron chi connectivity index (χ1n) is 13.7. The smallest absolute Gasteiger partial charge is 0.231 e. The molecule has 0 spiro atoms. The Morgan fingerprint density at radius 2 is 1.14 bits per heavy atom. The molecule has 220 valence electrons. The molecule has 0 unspecified atom stereocenters. The quantitative estimate of drug-likeness (QED) is 0.173. The molecule has 4 aromatic carbocycles. The van der Waals surface area contributed by atoms with Gasteiger partial charge >= 0.3 is 0 Å². The lowest BCUT2D eigenvalue weighted by molar-refractivity contribution is 0.171. The highest BCUT2D eigenvalue weighted by molar-refractivity contribution is 5.58. The summed E-state index contributed by atoms with van der Waals surface area (Å²) in [6.45, 7) is 0.139. The zero-order chi connectivity index (χ0) is 29.5. The maximum atomic E-state index is 6.46. The average Bonchev–Trinajstić information content (AvgIpc) is 3.51. The van der Waals surface area contributed by atoms with Gasteiger partial charge in [0.05, 0.1) is 35.5 Å². The van der Waals surface area contributed by atoms with Crippen molar-refractivity contribution >= 4 is 0 Å². The predicted octanol–water partition coefficient (Wildman–Crippen LogP) is 6.82. The molecule has 5 rings (SSSR count). The molecular weight excluding hydrogens is 536 g/mol. The summed E-state index contributed by atoms with van der Waals surface area (Å²) in [5, 5.41) is 0. The Hall–Kier alpha value is -4.72. The number of methoxy groups -OCH3 is 5. The summed E-state index contributed by atoms with van der Waals surface area (Å²) in [4.78, 5) is 0. The zero-order valence-corrected chi connectivity index (χ0v) is 24.7. The Labute approximate surface area is 246 Å². The molecule has 0 bridgehead atoms. The second-order valence-corrected chi connectivity index (χ2v) is 9.80. The highest BCUT2D eigenvalue weighted by atomic mass is 16.7. The Balaban J connectivity index is 1.36. The van der Waals surface area contributed by atoms with Crippen LogP contribution in [0.3, 0.4) is 0 Å². The van der Waals surface area contributed by atoms with Crippen molar-refractivity contribution in [2.24, 2.45) is 0 Å². The van der Waals surface area contributed by atoms with Gasteiger partial charge in [0.2, 0.25) is 18.3 Å². The third-order valence-corrected chi connectivity index (χ3v) is 7.21. The van der Waals surface area contributed by atoms with Crippen molar-refractivity contribution in [3.05, 3.63) is 89.0 Å². The van der Waals surface area contributed by atoms with Crippen LogP contribution < -0.4 is 37.9 Å². The standard InChI is InChI=1S/C34H36O8/c1-35-26-8-6-7-22(15-26)9-10-23-13-14-27(36-2)28(16-23)42-32-20-25(19-31-34(32)41-21-40-31)12-11-24-17-29(37-3)33(39-5)30(18-24)38-4/h6-8,13-20H,9-12,21H2,1-5H3. The topological polar surface area (TPSA) is 73.8 Å². The molecule has 0 saturated heterocycles. The highest BCUT2D eigenvalue weighted by Gasteiger charge is 2.23. The van der Waals surface area contributed by atoms with Gasteiger partial charge in [-0.2, -0.15) is 0 Å². The minimum absolute atomic E-state index is 0.139. The van der Waals surface area contributed by atoms with Gasteiger partial charge in [-0.1, -0.05) is 18.2 Å². The van der Waals surface area contributed by atoms with Gasteiger partial charge in [0.1, 0.15) is 5.75 Å². The van der Waals surface area contributed by atoms with Crippen LogP contribution in [0, 0.1) is 0 Å². The minimum atomic E-state index is 0.139. The maximum Gasteiger partial charge on any atom is 0.231 e. The summed E-state index contributed by atoms with van der Waals surface area (Å²) in [5.74, 6) is 5.73. The van der Waals surface area contributed by atoms with E-state index in [0.717, 1.165) is 48.1 Å². The lowest BCUT2D eigenvalue weighted by atomic mass is 10.0. The molecule has 0 radical (unpaired) electrons.